The number of ether oxygens (including phenoxy) is 2. The van der Waals surface area contributed by atoms with Crippen molar-refractivity contribution in [2.24, 2.45) is 0 Å². The minimum atomic E-state index is -0.201. The molecule has 0 bridgehead atoms. The molecule has 2 N–H and O–H groups in total. The number of nitrogens with one attached hydrogen (secondary N) is 2. The lowest BCUT2D eigenvalue weighted by Gasteiger charge is -2.19. The van der Waals surface area contributed by atoms with Crippen LogP contribution in [-0.2, 0) is 0 Å². The molecule has 5 nitrogen and oxygen atoms in total. The van der Waals surface area contributed by atoms with Gasteiger partial charge >= 0.3 is 6.03 Å². The fourth-order valence-corrected chi connectivity index (χ4v) is 2.64. The van der Waals surface area contributed by atoms with E-state index in [-0.39, 0.29) is 18.1 Å². The molecule has 2 aromatic rings. The minimum absolute atomic E-state index is 0.0989. The molecule has 0 saturated heterocycles. The standard InChI is InChI=1S/C21H28N2O3/c1-5-25-19-11-7-17(8-12-19)15(3)22-21(24)23-16(4)18-9-13-20(14-10-18)26-6-2/h7-16H,5-6H2,1-4H3,(H2,22,23,24)/t15-,16+. The van der Waals surface area contributed by atoms with Crippen LogP contribution in [0.3, 0.4) is 0 Å². The van der Waals surface area contributed by atoms with E-state index in [1.807, 2.05) is 76.2 Å². The van der Waals surface area contributed by atoms with E-state index in [1.165, 1.54) is 0 Å². The molecule has 2 aromatic carbocycles. The van der Waals surface area contributed by atoms with E-state index in [0.717, 1.165) is 22.6 Å². The van der Waals surface area contributed by atoms with Gasteiger partial charge in [-0.3, -0.25) is 0 Å². The SMILES string of the molecule is CCOc1ccc([C@H](C)NC(=O)N[C@H](C)c2ccc(OCC)cc2)cc1. The van der Waals surface area contributed by atoms with E-state index in [2.05, 4.69) is 10.6 Å². The summed E-state index contributed by atoms with van der Waals surface area (Å²) in [5.41, 5.74) is 2.05. The highest BCUT2D eigenvalue weighted by molar-refractivity contribution is 5.75. The third kappa shape index (κ3) is 5.69. The van der Waals surface area contributed by atoms with Crippen LogP contribution in [0.25, 0.3) is 0 Å². The van der Waals surface area contributed by atoms with Gasteiger partial charge in [0.1, 0.15) is 11.5 Å². The molecule has 0 aromatic heterocycles. The van der Waals surface area contributed by atoms with Gasteiger partial charge < -0.3 is 20.1 Å². The van der Waals surface area contributed by atoms with Crippen molar-refractivity contribution in [2.45, 2.75) is 39.8 Å². The lowest BCUT2D eigenvalue weighted by Crippen LogP contribution is -2.38. The van der Waals surface area contributed by atoms with Crippen LogP contribution in [0.5, 0.6) is 11.5 Å². The third-order valence-electron chi connectivity index (χ3n) is 4.08. The normalized spacial score (nSPS) is 12.8. The summed E-state index contributed by atoms with van der Waals surface area (Å²) in [5, 5.41) is 5.93. The number of urea groups is 1. The first-order valence-electron chi connectivity index (χ1n) is 9.06. The average molecular weight is 356 g/mol. The van der Waals surface area contributed by atoms with Gasteiger partial charge in [0.05, 0.1) is 25.3 Å². The summed E-state index contributed by atoms with van der Waals surface area (Å²) in [4.78, 5) is 12.3. The molecule has 26 heavy (non-hydrogen) atoms. The fraction of sp³-hybridized carbons (Fsp3) is 0.381. The Kier molecular flexibility index (Phi) is 7.33. The summed E-state index contributed by atoms with van der Waals surface area (Å²) in [7, 11) is 0. The van der Waals surface area contributed by atoms with Crippen molar-refractivity contribution < 1.29 is 14.3 Å². The van der Waals surface area contributed by atoms with Gasteiger partial charge in [0.25, 0.3) is 0 Å². The Labute approximate surface area is 155 Å². The van der Waals surface area contributed by atoms with Gasteiger partial charge in [-0.05, 0) is 63.1 Å². The van der Waals surface area contributed by atoms with Crippen LogP contribution in [0.1, 0.15) is 50.9 Å². The lowest BCUT2D eigenvalue weighted by molar-refractivity contribution is 0.235. The molecule has 5 heteroatoms. The minimum Gasteiger partial charge on any atom is -0.494 e. The fourth-order valence-electron chi connectivity index (χ4n) is 2.64. The van der Waals surface area contributed by atoms with E-state index in [9.17, 15) is 4.79 Å². The predicted octanol–water partition coefficient (Wildman–Crippen LogP) is 4.61. The molecule has 2 atom stereocenters. The van der Waals surface area contributed by atoms with E-state index in [4.69, 9.17) is 9.47 Å². The third-order valence-corrected chi connectivity index (χ3v) is 4.08. The Bertz CT molecular complexity index is 624. The predicted molar refractivity (Wildman–Crippen MR) is 104 cm³/mol. The summed E-state index contributed by atoms with van der Waals surface area (Å²) in [5.74, 6) is 1.66. The number of carbonyl (C=O) groups is 1. The Morgan fingerprint density at radius 2 is 1.12 bits per heavy atom. The molecule has 0 heterocycles. The first-order valence-corrected chi connectivity index (χ1v) is 9.06. The highest BCUT2D eigenvalue weighted by atomic mass is 16.5. The largest absolute Gasteiger partial charge is 0.494 e. The average Bonchev–Trinajstić information content (AvgIpc) is 2.63. The zero-order valence-corrected chi connectivity index (χ0v) is 15.9. The number of benzene rings is 2. The summed E-state index contributed by atoms with van der Waals surface area (Å²) < 4.78 is 10.9. The van der Waals surface area contributed by atoms with Gasteiger partial charge in [-0.2, -0.15) is 0 Å². The number of hydrogen-bond donors (Lipinski definition) is 2. The second kappa shape index (κ2) is 9.70. The summed E-state index contributed by atoms with van der Waals surface area (Å²) in [6.45, 7) is 9.09. The zero-order chi connectivity index (χ0) is 18.9. The lowest BCUT2D eigenvalue weighted by atomic mass is 10.1. The van der Waals surface area contributed by atoms with Crippen LogP contribution in [0, 0.1) is 0 Å². The number of carbonyl (C=O) groups excluding carboxylic acids is 1. The van der Waals surface area contributed by atoms with Gasteiger partial charge in [-0.25, -0.2) is 4.79 Å². The summed E-state index contributed by atoms with van der Waals surface area (Å²) >= 11 is 0. The Morgan fingerprint density at radius 1 is 0.769 bits per heavy atom. The maximum atomic E-state index is 12.3. The topological polar surface area (TPSA) is 59.6 Å². The molecular formula is C21H28N2O3. The molecule has 0 aliphatic rings. The van der Waals surface area contributed by atoms with E-state index in [1.54, 1.807) is 0 Å². The Hall–Kier alpha value is -2.69. The van der Waals surface area contributed by atoms with Crippen LogP contribution >= 0.6 is 0 Å². The number of amides is 2. The van der Waals surface area contributed by atoms with Crippen LogP contribution in [0.15, 0.2) is 48.5 Å². The quantitative estimate of drug-likeness (QED) is 0.726. The molecule has 0 spiro atoms. The van der Waals surface area contributed by atoms with Crippen molar-refractivity contribution in [1.29, 1.82) is 0 Å². The van der Waals surface area contributed by atoms with E-state index in [0.29, 0.717) is 13.2 Å². The molecule has 0 unspecified atom stereocenters. The molecule has 140 valence electrons. The van der Waals surface area contributed by atoms with Crippen molar-refractivity contribution in [2.75, 3.05) is 13.2 Å². The van der Waals surface area contributed by atoms with Crippen molar-refractivity contribution in [3.8, 4) is 11.5 Å². The van der Waals surface area contributed by atoms with Crippen molar-refractivity contribution in [3.63, 3.8) is 0 Å². The van der Waals surface area contributed by atoms with Crippen LogP contribution in [0.4, 0.5) is 4.79 Å². The molecule has 0 aliphatic heterocycles. The zero-order valence-electron chi connectivity index (χ0n) is 15.9. The molecule has 0 radical (unpaired) electrons. The van der Waals surface area contributed by atoms with Gasteiger partial charge in [0, 0.05) is 0 Å². The number of hydrogen-bond acceptors (Lipinski definition) is 3. The second-order valence-corrected chi connectivity index (χ2v) is 6.07. The maximum absolute atomic E-state index is 12.3. The molecule has 0 aliphatic carbocycles. The Balaban J connectivity index is 1.88. The van der Waals surface area contributed by atoms with Crippen molar-refractivity contribution in [3.05, 3.63) is 59.7 Å². The molecule has 2 rings (SSSR count). The summed E-state index contributed by atoms with van der Waals surface area (Å²) in [6.07, 6.45) is 0. The monoisotopic (exact) mass is 356 g/mol. The van der Waals surface area contributed by atoms with Crippen molar-refractivity contribution >= 4 is 6.03 Å². The van der Waals surface area contributed by atoms with Gasteiger partial charge in [-0.1, -0.05) is 24.3 Å². The van der Waals surface area contributed by atoms with Gasteiger partial charge in [-0.15, -0.1) is 0 Å². The van der Waals surface area contributed by atoms with E-state index >= 15 is 0 Å². The number of rotatable bonds is 8. The summed E-state index contributed by atoms with van der Waals surface area (Å²) in [6, 6.07) is 15.1. The van der Waals surface area contributed by atoms with Crippen molar-refractivity contribution in [1.82, 2.24) is 10.6 Å². The van der Waals surface area contributed by atoms with Gasteiger partial charge in [0.2, 0.25) is 0 Å². The van der Waals surface area contributed by atoms with Crippen LogP contribution < -0.4 is 20.1 Å². The Morgan fingerprint density at radius 3 is 1.42 bits per heavy atom. The smallest absolute Gasteiger partial charge is 0.315 e. The molecular weight excluding hydrogens is 328 g/mol. The first kappa shape index (κ1) is 19.6. The maximum Gasteiger partial charge on any atom is 0.315 e. The highest BCUT2D eigenvalue weighted by Gasteiger charge is 2.13. The van der Waals surface area contributed by atoms with Crippen LogP contribution in [0.2, 0.25) is 0 Å². The van der Waals surface area contributed by atoms with E-state index < -0.39 is 0 Å². The van der Waals surface area contributed by atoms with Gasteiger partial charge in [0.15, 0.2) is 0 Å². The second-order valence-electron chi connectivity index (χ2n) is 6.07. The molecule has 2 amide bonds. The highest BCUT2D eigenvalue weighted by Crippen LogP contribution is 2.19. The molecule has 0 saturated carbocycles. The first-order chi connectivity index (χ1) is 12.5. The van der Waals surface area contributed by atoms with Crippen LogP contribution in [-0.4, -0.2) is 19.2 Å². The molecule has 0 fully saturated rings.